The van der Waals surface area contributed by atoms with Gasteiger partial charge in [-0.25, -0.2) is 4.79 Å². The molecular formula is C15H18N4O5. The lowest BCUT2D eigenvalue weighted by atomic mass is 10.2. The summed E-state index contributed by atoms with van der Waals surface area (Å²) in [5.74, 6) is 0.516. The Bertz CT molecular complexity index is 784. The molecule has 0 saturated heterocycles. The van der Waals surface area contributed by atoms with Crippen molar-refractivity contribution < 1.29 is 19.2 Å². The zero-order valence-electron chi connectivity index (χ0n) is 13.6. The van der Waals surface area contributed by atoms with Crippen LogP contribution in [0.3, 0.4) is 0 Å². The molecule has 0 unspecified atom stereocenters. The molecule has 24 heavy (non-hydrogen) atoms. The van der Waals surface area contributed by atoms with E-state index in [1.807, 2.05) is 6.92 Å². The highest BCUT2D eigenvalue weighted by molar-refractivity contribution is 5.75. The van der Waals surface area contributed by atoms with Crippen LogP contribution in [0.15, 0.2) is 18.2 Å². The van der Waals surface area contributed by atoms with Crippen molar-refractivity contribution in [3.63, 3.8) is 0 Å². The van der Waals surface area contributed by atoms with Crippen molar-refractivity contribution in [1.82, 2.24) is 9.78 Å². The topological polar surface area (TPSA) is 123 Å². The lowest BCUT2D eigenvalue weighted by Gasteiger charge is -2.08. The van der Waals surface area contributed by atoms with Gasteiger partial charge in [-0.05, 0) is 26.3 Å². The lowest BCUT2D eigenvalue weighted by Crippen LogP contribution is -2.22. The molecule has 1 amide bonds. The van der Waals surface area contributed by atoms with Crippen LogP contribution in [-0.2, 0) is 6.42 Å². The molecule has 0 fully saturated rings. The SMILES string of the molecule is CCOc1ccc([N+](=O)[O-])c(Oc2nn(C(N)=O)c(C)c2CC)c1. The number of nitrogens with zero attached hydrogens (tertiary/aromatic N) is 3. The maximum absolute atomic E-state index is 11.4. The summed E-state index contributed by atoms with van der Waals surface area (Å²) in [6.45, 7) is 5.74. The Morgan fingerprint density at radius 2 is 2.12 bits per heavy atom. The van der Waals surface area contributed by atoms with Crippen LogP contribution in [0.1, 0.15) is 25.1 Å². The molecule has 0 aliphatic carbocycles. The predicted octanol–water partition coefficient (Wildman–Crippen LogP) is 2.78. The van der Waals surface area contributed by atoms with E-state index >= 15 is 0 Å². The van der Waals surface area contributed by atoms with E-state index in [-0.39, 0.29) is 17.3 Å². The van der Waals surface area contributed by atoms with Crippen molar-refractivity contribution in [1.29, 1.82) is 0 Å². The minimum Gasteiger partial charge on any atom is -0.494 e. The van der Waals surface area contributed by atoms with Gasteiger partial charge in [0.1, 0.15) is 5.75 Å². The molecule has 9 heteroatoms. The van der Waals surface area contributed by atoms with Gasteiger partial charge in [-0.15, -0.1) is 5.10 Å². The standard InChI is InChI=1S/C15H18N4O5/c1-4-11-9(3)18(15(16)20)17-14(11)24-13-8-10(23-5-2)6-7-12(13)19(21)22/h6-8H,4-5H2,1-3H3,(H2,16,20). The van der Waals surface area contributed by atoms with E-state index in [0.29, 0.717) is 30.0 Å². The van der Waals surface area contributed by atoms with E-state index < -0.39 is 11.0 Å². The van der Waals surface area contributed by atoms with Gasteiger partial charge in [0.15, 0.2) is 0 Å². The smallest absolute Gasteiger partial charge is 0.339 e. The molecule has 1 heterocycles. The third kappa shape index (κ3) is 3.29. The molecule has 2 aromatic rings. The van der Waals surface area contributed by atoms with Crippen LogP contribution in [0.4, 0.5) is 10.5 Å². The number of ether oxygens (including phenoxy) is 2. The van der Waals surface area contributed by atoms with Crippen LogP contribution in [0, 0.1) is 17.0 Å². The van der Waals surface area contributed by atoms with Gasteiger partial charge in [-0.1, -0.05) is 6.92 Å². The highest BCUT2D eigenvalue weighted by Gasteiger charge is 2.22. The molecular weight excluding hydrogens is 316 g/mol. The molecule has 128 valence electrons. The average molecular weight is 334 g/mol. The molecule has 0 aliphatic rings. The van der Waals surface area contributed by atoms with E-state index in [1.165, 1.54) is 18.2 Å². The van der Waals surface area contributed by atoms with E-state index in [9.17, 15) is 14.9 Å². The lowest BCUT2D eigenvalue weighted by molar-refractivity contribution is -0.385. The number of benzene rings is 1. The maximum Gasteiger partial charge on any atom is 0.339 e. The second kappa shape index (κ2) is 6.99. The van der Waals surface area contributed by atoms with E-state index in [1.54, 1.807) is 13.8 Å². The number of primary amides is 1. The summed E-state index contributed by atoms with van der Waals surface area (Å²) in [6, 6.07) is 3.45. The fraction of sp³-hybridized carbons (Fsp3) is 0.333. The predicted molar refractivity (Wildman–Crippen MR) is 85.7 cm³/mol. The zero-order valence-corrected chi connectivity index (χ0v) is 13.6. The Labute approximate surface area is 138 Å². The van der Waals surface area contributed by atoms with Gasteiger partial charge < -0.3 is 15.2 Å². The summed E-state index contributed by atoms with van der Waals surface area (Å²) in [5, 5.41) is 15.2. The number of carbonyl (C=O) groups excluding carboxylic acids is 1. The number of aromatic nitrogens is 2. The van der Waals surface area contributed by atoms with Crippen molar-refractivity contribution in [3.8, 4) is 17.4 Å². The first kappa shape index (κ1) is 17.3. The minimum absolute atomic E-state index is 0.0187. The van der Waals surface area contributed by atoms with Crippen LogP contribution >= 0.6 is 0 Å². The molecule has 0 aliphatic heterocycles. The molecule has 0 spiro atoms. The highest BCUT2D eigenvalue weighted by Crippen LogP contribution is 2.36. The Hall–Kier alpha value is -3.10. The molecule has 0 bridgehead atoms. The van der Waals surface area contributed by atoms with Gasteiger partial charge in [0.2, 0.25) is 11.6 Å². The van der Waals surface area contributed by atoms with Gasteiger partial charge in [-0.3, -0.25) is 10.1 Å². The van der Waals surface area contributed by atoms with Crippen LogP contribution in [0.5, 0.6) is 17.4 Å². The molecule has 0 atom stereocenters. The summed E-state index contributed by atoms with van der Waals surface area (Å²) < 4.78 is 12.0. The van der Waals surface area contributed by atoms with Crippen LogP contribution in [0.2, 0.25) is 0 Å². The Morgan fingerprint density at radius 1 is 1.42 bits per heavy atom. The van der Waals surface area contributed by atoms with Crippen molar-refractivity contribution >= 4 is 11.7 Å². The number of hydrogen-bond acceptors (Lipinski definition) is 6. The molecule has 0 radical (unpaired) electrons. The molecule has 0 saturated carbocycles. The van der Waals surface area contributed by atoms with Crippen molar-refractivity contribution in [3.05, 3.63) is 39.6 Å². The number of hydrogen-bond donors (Lipinski definition) is 1. The first-order chi connectivity index (χ1) is 11.4. The first-order valence-electron chi connectivity index (χ1n) is 7.36. The largest absolute Gasteiger partial charge is 0.494 e. The average Bonchev–Trinajstić information content (AvgIpc) is 2.83. The third-order valence-corrected chi connectivity index (χ3v) is 3.41. The van der Waals surface area contributed by atoms with Crippen molar-refractivity contribution in [2.75, 3.05) is 6.61 Å². The summed E-state index contributed by atoms with van der Waals surface area (Å²) in [7, 11) is 0. The monoisotopic (exact) mass is 334 g/mol. The van der Waals surface area contributed by atoms with Crippen molar-refractivity contribution in [2.45, 2.75) is 27.2 Å². The Morgan fingerprint density at radius 3 is 2.67 bits per heavy atom. The summed E-state index contributed by atoms with van der Waals surface area (Å²) >= 11 is 0. The number of carbonyl (C=O) groups is 1. The number of rotatable bonds is 6. The second-order valence-electron chi connectivity index (χ2n) is 4.89. The quantitative estimate of drug-likeness (QED) is 0.640. The van der Waals surface area contributed by atoms with Crippen molar-refractivity contribution in [2.24, 2.45) is 5.73 Å². The summed E-state index contributed by atoms with van der Waals surface area (Å²) in [4.78, 5) is 22.0. The van der Waals surface area contributed by atoms with E-state index in [0.717, 1.165) is 4.68 Å². The minimum atomic E-state index is -0.755. The summed E-state index contributed by atoms with van der Waals surface area (Å²) in [6.07, 6.45) is 0.521. The second-order valence-corrected chi connectivity index (χ2v) is 4.89. The number of nitro groups is 1. The number of amides is 1. The Kier molecular flexibility index (Phi) is 5.02. The van der Waals surface area contributed by atoms with Crippen LogP contribution < -0.4 is 15.2 Å². The fourth-order valence-electron chi connectivity index (χ4n) is 2.30. The van der Waals surface area contributed by atoms with Gasteiger partial charge in [0.05, 0.1) is 17.2 Å². The molecule has 1 aromatic carbocycles. The molecule has 9 nitrogen and oxygen atoms in total. The fourth-order valence-corrected chi connectivity index (χ4v) is 2.30. The van der Waals surface area contributed by atoms with Gasteiger partial charge in [-0.2, -0.15) is 4.68 Å². The van der Waals surface area contributed by atoms with E-state index in [4.69, 9.17) is 15.2 Å². The number of nitro benzene ring substituents is 1. The van der Waals surface area contributed by atoms with Crippen LogP contribution in [-0.4, -0.2) is 27.3 Å². The van der Waals surface area contributed by atoms with Gasteiger partial charge in [0.25, 0.3) is 0 Å². The number of nitrogens with two attached hydrogens (primary N) is 1. The Balaban J connectivity index is 2.50. The van der Waals surface area contributed by atoms with Crippen LogP contribution in [0.25, 0.3) is 0 Å². The summed E-state index contributed by atoms with van der Waals surface area (Å²) in [5.41, 5.74) is 6.21. The van der Waals surface area contributed by atoms with Gasteiger partial charge >= 0.3 is 11.7 Å². The van der Waals surface area contributed by atoms with E-state index in [2.05, 4.69) is 5.10 Å². The molecule has 2 rings (SSSR count). The molecule has 2 N–H and O–H groups in total. The third-order valence-electron chi connectivity index (χ3n) is 3.41. The zero-order chi connectivity index (χ0) is 17.9. The normalized spacial score (nSPS) is 10.5. The highest BCUT2D eigenvalue weighted by atomic mass is 16.6. The van der Waals surface area contributed by atoms with Gasteiger partial charge in [0, 0.05) is 17.7 Å². The first-order valence-corrected chi connectivity index (χ1v) is 7.36. The molecule has 1 aromatic heterocycles. The maximum atomic E-state index is 11.4.